The second-order valence-corrected chi connectivity index (χ2v) is 5.53. The number of rotatable bonds is 3. The first-order valence-electron chi connectivity index (χ1n) is 8.04. The van der Waals surface area contributed by atoms with Crippen molar-refractivity contribution in [1.29, 1.82) is 0 Å². The molecule has 1 heterocycles. The number of halogens is 1. The molecule has 1 aromatic heterocycles. The zero-order valence-electron chi connectivity index (χ0n) is 14.1. The minimum absolute atomic E-state index is 0.384. The molecule has 1 saturated carbocycles. The van der Waals surface area contributed by atoms with E-state index in [1.165, 1.54) is 25.7 Å². The van der Waals surface area contributed by atoms with Crippen LogP contribution in [-0.4, -0.2) is 22.1 Å². The first-order chi connectivity index (χ1) is 10.0. The summed E-state index contributed by atoms with van der Waals surface area (Å²) in [6.45, 7) is 9.95. The third-order valence-electron chi connectivity index (χ3n) is 3.20. The summed E-state index contributed by atoms with van der Waals surface area (Å²) in [7, 11) is 0. The molecule has 0 radical (unpaired) electrons. The van der Waals surface area contributed by atoms with Crippen LogP contribution < -0.4 is 11.1 Å². The molecule has 0 aliphatic heterocycles. The van der Waals surface area contributed by atoms with Gasteiger partial charge < -0.3 is 11.1 Å². The van der Waals surface area contributed by atoms with Crippen LogP contribution in [0.3, 0.4) is 0 Å². The maximum absolute atomic E-state index is 5.99. The lowest BCUT2D eigenvalue weighted by Crippen LogP contribution is -2.16. The van der Waals surface area contributed by atoms with Gasteiger partial charge in [0.25, 0.3) is 0 Å². The highest BCUT2D eigenvalue weighted by atomic mass is 35.5. The SMILES string of the molecule is CC.CCC(C)N.Cc1ncc(Cl)c(NC2CCCC2)n1. The van der Waals surface area contributed by atoms with Crippen molar-refractivity contribution < 1.29 is 0 Å². The Morgan fingerprint density at radius 3 is 2.38 bits per heavy atom. The number of hydrogen-bond acceptors (Lipinski definition) is 4. The Balaban J connectivity index is 0.000000489. The van der Waals surface area contributed by atoms with Crippen LogP contribution in [0, 0.1) is 6.92 Å². The van der Waals surface area contributed by atoms with Crippen molar-refractivity contribution in [2.75, 3.05) is 5.32 Å². The molecule has 1 unspecified atom stereocenters. The maximum atomic E-state index is 5.99. The van der Waals surface area contributed by atoms with Crippen LogP contribution in [0.25, 0.3) is 0 Å². The molecule has 4 nitrogen and oxygen atoms in total. The highest BCUT2D eigenvalue weighted by molar-refractivity contribution is 6.32. The summed E-state index contributed by atoms with van der Waals surface area (Å²) >= 11 is 5.99. The minimum atomic E-state index is 0.384. The second-order valence-electron chi connectivity index (χ2n) is 5.13. The zero-order chi connectivity index (χ0) is 16.3. The summed E-state index contributed by atoms with van der Waals surface area (Å²) in [5, 5.41) is 3.98. The summed E-state index contributed by atoms with van der Waals surface area (Å²) in [4.78, 5) is 8.31. The van der Waals surface area contributed by atoms with Gasteiger partial charge in [0.2, 0.25) is 0 Å². The van der Waals surface area contributed by atoms with E-state index in [1.807, 2.05) is 27.7 Å². The Kier molecular flexibility index (Phi) is 11.3. The lowest BCUT2D eigenvalue weighted by atomic mass is 10.2. The number of nitrogens with one attached hydrogen (secondary N) is 1. The molecule has 21 heavy (non-hydrogen) atoms. The van der Waals surface area contributed by atoms with Crippen molar-refractivity contribution in [3.63, 3.8) is 0 Å². The van der Waals surface area contributed by atoms with Gasteiger partial charge in [-0.05, 0) is 33.1 Å². The Bertz CT molecular complexity index is 377. The quantitative estimate of drug-likeness (QED) is 0.858. The van der Waals surface area contributed by atoms with Crippen LogP contribution in [0.4, 0.5) is 5.82 Å². The molecule has 1 aliphatic rings. The van der Waals surface area contributed by atoms with E-state index in [9.17, 15) is 0 Å². The van der Waals surface area contributed by atoms with Gasteiger partial charge in [-0.3, -0.25) is 0 Å². The molecule has 0 saturated heterocycles. The van der Waals surface area contributed by atoms with Crippen molar-refractivity contribution in [2.45, 2.75) is 78.8 Å². The van der Waals surface area contributed by atoms with E-state index in [-0.39, 0.29) is 0 Å². The molecule has 1 atom stereocenters. The second kappa shape index (κ2) is 11.8. The predicted octanol–water partition coefficient (Wildman–Crippen LogP) is 4.56. The summed E-state index contributed by atoms with van der Waals surface area (Å²) in [6.07, 6.45) is 7.79. The van der Waals surface area contributed by atoms with Crippen LogP contribution in [0.1, 0.15) is 65.6 Å². The van der Waals surface area contributed by atoms with Gasteiger partial charge in [-0.1, -0.05) is 45.2 Å². The molecule has 0 amide bonds. The molecule has 0 bridgehead atoms. The minimum Gasteiger partial charge on any atom is -0.366 e. The molecule has 1 fully saturated rings. The van der Waals surface area contributed by atoms with Crippen LogP contribution in [0.5, 0.6) is 0 Å². The summed E-state index contributed by atoms with van der Waals surface area (Å²) in [5.74, 6) is 1.54. The van der Waals surface area contributed by atoms with Crippen LogP contribution in [0.2, 0.25) is 5.02 Å². The molecule has 5 heteroatoms. The van der Waals surface area contributed by atoms with Crippen molar-refractivity contribution in [2.24, 2.45) is 5.73 Å². The van der Waals surface area contributed by atoms with E-state index >= 15 is 0 Å². The van der Waals surface area contributed by atoms with Crippen molar-refractivity contribution >= 4 is 17.4 Å². The van der Waals surface area contributed by atoms with Gasteiger partial charge in [0, 0.05) is 12.1 Å². The van der Waals surface area contributed by atoms with Gasteiger partial charge in [-0.2, -0.15) is 0 Å². The fourth-order valence-corrected chi connectivity index (χ4v) is 1.97. The number of aryl methyl sites for hydroxylation is 1. The monoisotopic (exact) mass is 314 g/mol. The average Bonchev–Trinajstić information content (AvgIpc) is 2.99. The lowest BCUT2D eigenvalue weighted by Gasteiger charge is -2.13. The molecule has 3 N–H and O–H groups in total. The molecule has 1 aromatic rings. The molecule has 0 aromatic carbocycles. The fraction of sp³-hybridized carbons (Fsp3) is 0.750. The van der Waals surface area contributed by atoms with Crippen LogP contribution in [-0.2, 0) is 0 Å². The van der Waals surface area contributed by atoms with Crippen LogP contribution >= 0.6 is 11.6 Å². The van der Waals surface area contributed by atoms with E-state index in [0.717, 1.165) is 18.1 Å². The van der Waals surface area contributed by atoms with E-state index in [2.05, 4.69) is 22.2 Å². The molecular weight excluding hydrogens is 284 g/mol. The van der Waals surface area contributed by atoms with Gasteiger partial charge in [0.05, 0.1) is 6.20 Å². The van der Waals surface area contributed by atoms with Gasteiger partial charge in [-0.15, -0.1) is 0 Å². The first kappa shape index (κ1) is 20.1. The van der Waals surface area contributed by atoms with E-state index in [1.54, 1.807) is 6.20 Å². The Hall–Kier alpha value is -0.870. The third-order valence-corrected chi connectivity index (χ3v) is 3.48. The predicted molar refractivity (Wildman–Crippen MR) is 92.9 cm³/mol. The highest BCUT2D eigenvalue weighted by Crippen LogP contribution is 2.25. The normalized spacial score (nSPS) is 15.4. The van der Waals surface area contributed by atoms with Gasteiger partial charge in [0.1, 0.15) is 16.7 Å². The summed E-state index contributed by atoms with van der Waals surface area (Å²) < 4.78 is 0. The zero-order valence-corrected chi connectivity index (χ0v) is 14.9. The standard InChI is InChI=1S/C10H14ClN3.C4H11N.C2H6/c1-7-12-6-9(11)10(13-7)14-8-4-2-3-5-8;1-3-4(2)5;1-2/h6,8H,2-5H2,1H3,(H,12,13,14);4H,3,5H2,1-2H3;1-2H3. The van der Waals surface area contributed by atoms with Gasteiger partial charge >= 0.3 is 0 Å². The molecule has 0 spiro atoms. The van der Waals surface area contributed by atoms with Crippen molar-refractivity contribution in [1.82, 2.24) is 9.97 Å². The van der Waals surface area contributed by atoms with Crippen molar-refractivity contribution in [3.05, 3.63) is 17.0 Å². The Labute approximate surface area is 134 Å². The van der Waals surface area contributed by atoms with Gasteiger partial charge in [0.15, 0.2) is 0 Å². The summed E-state index contributed by atoms with van der Waals surface area (Å²) in [5.41, 5.74) is 5.29. The molecule has 122 valence electrons. The number of aromatic nitrogens is 2. The molecular formula is C16H31ClN4. The topological polar surface area (TPSA) is 63.8 Å². The number of hydrogen-bond donors (Lipinski definition) is 2. The highest BCUT2D eigenvalue weighted by Gasteiger charge is 2.16. The van der Waals surface area contributed by atoms with E-state index in [0.29, 0.717) is 17.1 Å². The lowest BCUT2D eigenvalue weighted by molar-refractivity contribution is 0.715. The average molecular weight is 315 g/mol. The van der Waals surface area contributed by atoms with Crippen LogP contribution in [0.15, 0.2) is 6.20 Å². The first-order valence-corrected chi connectivity index (χ1v) is 8.42. The maximum Gasteiger partial charge on any atom is 0.148 e. The molecule has 2 rings (SSSR count). The number of nitrogens with two attached hydrogens (primary N) is 1. The fourth-order valence-electron chi connectivity index (χ4n) is 1.82. The van der Waals surface area contributed by atoms with E-state index < -0.39 is 0 Å². The summed E-state index contributed by atoms with van der Waals surface area (Å²) in [6, 6.07) is 0.928. The Morgan fingerprint density at radius 2 is 1.90 bits per heavy atom. The smallest absolute Gasteiger partial charge is 0.148 e. The molecule has 1 aliphatic carbocycles. The largest absolute Gasteiger partial charge is 0.366 e. The Morgan fingerprint density at radius 1 is 1.38 bits per heavy atom. The number of anilines is 1. The van der Waals surface area contributed by atoms with E-state index in [4.69, 9.17) is 17.3 Å². The van der Waals surface area contributed by atoms with Gasteiger partial charge in [-0.25, -0.2) is 9.97 Å². The van der Waals surface area contributed by atoms with Crippen molar-refractivity contribution in [3.8, 4) is 0 Å². The number of nitrogens with zero attached hydrogens (tertiary/aromatic N) is 2. The third kappa shape index (κ3) is 8.89.